The molecule has 0 aromatic heterocycles. The number of hydrogen-bond acceptors (Lipinski definition) is 5. The summed E-state index contributed by atoms with van der Waals surface area (Å²) in [7, 11) is -2.09. The molecule has 2 aromatic rings. The van der Waals surface area contributed by atoms with Gasteiger partial charge in [0.2, 0.25) is 10.0 Å². The summed E-state index contributed by atoms with van der Waals surface area (Å²) in [6, 6.07) is 14.4. The molecule has 0 aliphatic rings. The van der Waals surface area contributed by atoms with Crippen LogP contribution in [0.4, 0.5) is 10.5 Å². The molecule has 0 atom stereocenters. The number of carboxylic acid groups (broad SMARTS) is 1. The van der Waals surface area contributed by atoms with E-state index in [0.717, 1.165) is 11.8 Å². The normalized spacial score (nSPS) is 11.1. The molecular formula is C23H30N2O6S. The van der Waals surface area contributed by atoms with E-state index in [1.54, 1.807) is 12.1 Å². The van der Waals surface area contributed by atoms with Crippen LogP contribution in [0.2, 0.25) is 0 Å². The molecule has 9 heteroatoms. The molecule has 2 N–H and O–H groups in total. The van der Waals surface area contributed by atoms with Crippen molar-refractivity contribution in [1.82, 2.24) is 4.90 Å². The highest BCUT2D eigenvalue weighted by molar-refractivity contribution is 7.92. The molecular weight excluding hydrogens is 432 g/mol. The predicted molar refractivity (Wildman–Crippen MR) is 124 cm³/mol. The number of benzene rings is 2. The molecule has 0 saturated carbocycles. The first kappa shape index (κ1) is 25.2. The van der Waals surface area contributed by atoms with Crippen LogP contribution in [0.3, 0.4) is 0 Å². The Morgan fingerprint density at radius 1 is 1.03 bits per heavy atom. The van der Waals surface area contributed by atoms with Crippen molar-refractivity contribution in [3.8, 4) is 5.75 Å². The third kappa shape index (κ3) is 8.58. The highest BCUT2D eigenvalue weighted by Gasteiger charge is 2.14. The number of unbranched alkanes of at least 4 members (excludes halogenated alkanes) is 2. The Labute approximate surface area is 189 Å². The van der Waals surface area contributed by atoms with Crippen LogP contribution < -0.4 is 9.46 Å². The summed E-state index contributed by atoms with van der Waals surface area (Å²) in [5.41, 5.74) is 1.71. The summed E-state index contributed by atoms with van der Waals surface area (Å²) in [6.45, 7) is 0.849. The number of Topliss-reactive ketones (excluding diaryl/α,β-unsaturated/α-hetero) is 1. The Balaban J connectivity index is 1.80. The van der Waals surface area contributed by atoms with E-state index in [-0.39, 0.29) is 11.5 Å². The number of nitrogens with one attached hydrogen (secondary N) is 1. The van der Waals surface area contributed by atoms with Gasteiger partial charge >= 0.3 is 6.09 Å². The molecule has 0 radical (unpaired) electrons. The summed E-state index contributed by atoms with van der Waals surface area (Å²) >= 11 is 0. The van der Waals surface area contributed by atoms with Crippen molar-refractivity contribution in [2.24, 2.45) is 0 Å². The van der Waals surface area contributed by atoms with Gasteiger partial charge in [-0.2, -0.15) is 0 Å². The average Bonchev–Trinajstić information content (AvgIpc) is 2.74. The van der Waals surface area contributed by atoms with Gasteiger partial charge in [-0.1, -0.05) is 36.8 Å². The third-order valence-electron chi connectivity index (χ3n) is 4.93. The number of anilines is 1. The van der Waals surface area contributed by atoms with Crippen molar-refractivity contribution in [3.63, 3.8) is 0 Å². The smallest absolute Gasteiger partial charge is 0.407 e. The maximum atomic E-state index is 12.5. The van der Waals surface area contributed by atoms with Gasteiger partial charge in [0, 0.05) is 25.1 Å². The molecule has 0 aliphatic carbocycles. The maximum absolute atomic E-state index is 12.5. The Bertz CT molecular complexity index is 1010. The Kier molecular flexibility index (Phi) is 9.52. The van der Waals surface area contributed by atoms with Crippen LogP contribution in [0, 0.1) is 0 Å². The average molecular weight is 463 g/mol. The van der Waals surface area contributed by atoms with Crippen LogP contribution in [0.25, 0.3) is 0 Å². The fourth-order valence-electron chi connectivity index (χ4n) is 3.28. The van der Waals surface area contributed by atoms with E-state index in [1.165, 1.54) is 18.1 Å². The fourth-order valence-corrected chi connectivity index (χ4v) is 3.84. The van der Waals surface area contributed by atoms with Gasteiger partial charge in [-0.25, -0.2) is 13.2 Å². The molecule has 0 saturated heterocycles. The lowest BCUT2D eigenvalue weighted by molar-refractivity contribution is 0.0977. The van der Waals surface area contributed by atoms with E-state index in [4.69, 9.17) is 4.74 Å². The summed E-state index contributed by atoms with van der Waals surface area (Å²) < 4.78 is 30.5. The molecule has 0 heterocycles. The van der Waals surface area contributed by atoms with Gasteiger partial charge in [0.05, 0.1) is 19.1 Å². The molecule has 1 amide bonds. The Hall–Kier alpha value is -3.07. The van der Waals surface area contributed by atoms with E-state index in [0.29, 0.717) is 56.5 Å². The number of carbonyl (C=O) groups is 2. The molecule has 2 rings (SSSR count). The van der Waals surface area contributed by atoms with E-state index in [1.807, 2.05) is 30.3 Å². The number of sulfonamides is 1. The number of hydrogen-bond donors (Lipinski definition) is 2. The minimum atomic E-state index is -3.51. The van der Waals surface area contributed by atoms with Gasteiger partial charge in [-0.05, 0) is 43.0 Å². The molecule has 0 fully saturated rings. The van der Waals surface area contributed by atoms with Gasteiger partial charge < -0.3 is 14.7 Å². The number of carbonyl (C=O) groups excluding carboxylic acids is 1. The fraction of sp³-hybridized carbons (Fsp3) is 0.391. The van der Waals surface area contributed by atoms with E-state index < -0.39 is 16.1 Å². The molecule has 0 spiro atoms. The lowest BCUT2D eigenvalue weighted by Crippen LogP contribution is -2.32. The SMILES string of the molecule is COc1ccc(C(=O)CCCCCN(CCc2ccccc2)C(=O)O)cc1NS(C)(=O)=O. The molecule has 0 unspecified atom stereocenters. The van der Waals surface area contributed by atoms with E-state index in [2.05, 4.69) is 4.72 Å². The number of nitrogens with zero attached hydrogens (tertiary/aromatic N) is 1. The molecule has 0 bridgehead atoms. The van der Waals surface area contributed by atoms with Crippen LogP contribution in [0.15, 0.2) is 48.5 Å². The third-order valence-corrected chi connectivity index (χ3v) is 5.52. The predicted octanol–water partition coefficient (Wildman–Crippen LogP) is 4.03. The van der Waals surface area contributed by atoms with E-state index in [9.17, 15) is 23.1 Å². The highest BCUT2D eigenvalue weighted by Crippen LogP contribution is 2.27. The van der Waals surface area contributed by atoms with Crippen LogP contribution in [-0.4, -0.2) is 56.8 Å². The van der Waals surface area contributed by atoms with Gasteiger partial charge in [-0.15, -0.1) is 0 Å². The number of ketones is 1. The van der Waals surface area contributed by atoms with Crippen molar-refractivity contribution in [3.05, 3.63) is 59.7 Å². The zero-order chi connectivity index (χ0) is 23.6. The second-order valence-electron chi connectivity index (χ2n) is 7.53. The summed E-state index contributed by atoms with van der Waals surface area (Å²) in [5.74, 6) is 0.222. The van der Waals surface area contributed by atoms with Crippen LogP contribution in [0.1, 0.15) is 41.6 Å². The van der Waals surface area contributed by atoms with Crippen molar-refractivity contribution < 1.29 is 27.9 Å². The first-order chi connectivity index (χ1) is 15.2. The Morgan fingerprint density at radius 2 is 1.75 bits per heavy atom. The molecule has 2 aromatic carbocycles. The van der Waals surface area contributed by atoms with Crippen molar-refractivity contribution in [1.29, 1.82) is 0 Å². The van der Waals surface area contributed by atoms with Crippen LogP contribution in [-0.2, 0) is 16.4 Å². The zero-order valence-electron chi connectivity index (χ0n) is 18.4. The first-order valence-electron chi connectivity index (χ1n) is 10.4. The second-order valence-corrected chi connectivity index (χ2v) is 9.28. The lowest BCUT2D eigenvalue weighted by Gasteiger charge is -2.19. The molecule has 32 heavy (non-hydrogen) atoms. The van der Waals surface area contributed by atoms with E-state index >= 15 is 0 Å². The minimum absolute atomic E-state index is 0.108. The van der Waals surface area contributed by atoms with Gasteiger partial charge in [0.1, 0.15) is 5.75 Å². The van der Waals surface area contributed by atoms with Crippen molar-refractivity contribution in [2.45, 2.75) is 32.1 Å². The summed E-state index contributed by atoms with van der Waals surface area (Å²) in [6.07, 6.45) is 3.03. The molecule has 0 aliphatic heterocycles. The number of rotatable bonds is 13. The van der Waals surface area contributed by atoms with Crippen LogP contribution in [0.5, 0.6) is 5.75 Å². The summed E-state index contributed by atoms with van der Waals surface area (Å²) in [4.78, 5) is 25.4. The highest BCUT2D eigenvalue weighted by atomic mass is 32.2. The molecule has 174 valence electrons. The van der Waals surface area contributed by atoms with Crippen molar-refractivity contribution >= 4 is 27.6 Å². The standard InChI is InChI=1S/C23H30N2O6S/c1-31-22-13-12-19(17-20(22)24-32(2,29)30)21(26)11-7-4-8-15-25(23(27)28)16-14-18-9-5-3-6-10-18/h3,5-6,9-10,12-13,17,24H,4,7-8,11,14-16H2,1-2H3,(H,27,28). The number of methoxy groups -OCH3 is 1. The topological polar surface area (TPSA) is 113 Å². The largest absolute Gasteiger partial charge is 0.495 e. The van der Waals surface area contributed by atoms with Gasteiger partial charge in [-0.3, -0.25) is 9.52 Å². The van der Waals surface area contributed by atoms with Crippen LogP contribution >= 0.6 is 0 Å². The lowest BCUT2D eigenvalue weighted by atomic mass is 10.0. The van der Waals surface area contributed by atoms with Crippen molar-refractivity contribution in [2.75, 3.05) is 31.2 Å². The monoisotopic (exact) mass is 462 g/mol. The zero-order valence-corrected chi connectivity index (χ0v) is 19.2. The summed E-state index contributed by atoms with van der Waals surface area (Å²) in [5, 5.41) is 9.41. The Morgan fingerprint density at radius 3 is 2.38 bits per heavy atom. The maximum Gasteiger partial charge on any atom is 0.407 e. The first-order valence-corrected chi connectivity index (χ1v) is 12.3. The van der Waals surface area contributed by atoms with Gasteiger partial charge in [0.15, 0.2) is 5.78 Å². The second kappa shape index (κ2) is 12.1. The molecule has 8 nitrogen and oxygen atoms in total. The number of ether oxygens (including phenoxy) is 1. The number of amides is 1. The van der Waals surface area contributed by atoms with Gasteiger partial charge in [0.25, 0.3) is 0 Å². The quantitative estimate of drug-likeness (QED) is 0.343. The minimum Gasteiger partial charge on any atom is -0.495 e.